The predicted molar refractivity (Wildman–Crippen MR) is 68.5 cm³/mol. The SMILES string of the molecule is COC(=O)c1ccc(CNc2cc(F)ccc2C)o1. The van der Waals surface area contributed by atoms with E-state index in [1.807, 2.05) is 6.92 Å². The number of hydrogen-bond donors (Lipinski definition) is 1. The fourth-order valence-electron chi connectivity index (χ4n) is 1.65. The number of carbonyl (C=O) groups is 1. The summed E-state index contributed by atoms with van der Waals surface area (Å²) in [6.07, 6.45) is 0. The van der Waals surface area contributed by atoms with Gasteiger partial charge in [-0.05, 0) is 36.8 Å². The van der Waals surface area contributed by atoms with Crippen molar-refractivity contribution in [3.63, 3.8) is 0 Å². The quantitative estimate of drug-likeness (QED) is 0.861. The molecule has 19 heavy (non-hydrogen) atoms. The van der Waals surface area contributed by atoms with Crippen LogP contribution in [0.5, 0.6) is 0 Å². The number of furan rings is 1. The number of esters is 1. The number of nitrogens with one attached hydrogen (secondary N) is 1. The second-order valence-corrected chi connectivity index (χ2v) is 4.07. The van der Waals surface area contributed by atoms with Crippen LogP contribution in [0.1, 0.15) is 21.9 Å². The first kappa shape index (κ1) is 13.1. The molecule has 0 amide bonds. The molecule has 1 heterocycles. The van der Waals surface area contributed by atoms with Gasteiger partial charge in [0.15, 0.2) is 0 Å². The van der Waals surface area contributed by atoms with Crippen molar-refractivity contribution in [2.75, 3.05) is 12.4 Å². The first-order valence-electron chi connectivity index (χ1n) is 5.77. The maximum atomic E-state index is 13.1. The molecular weight excluding hydrogens is 249 g/mol. The van der Waals surface area contributed by atoms with Crippen LogP contribution >= 0.6 is 0 Å². The highest BCUT2D eigenvalue weighted by atomic mass is 19.1. The maximum Gasteiger partial charge on any atom is 0.373 e. The van der Waals surface area contributed by atoms with Gasteiger partial charge in [0.2, 0.25) is 5.76 Å². The van der Waals surface area contributed by atoms with Crippen LogP contribution in [0.25, 0.3) is 0 Å². The molecular formula is C14H14FNO3. The van der Waals surface area contributed by atoms with Gasteiger partial charge in [-0.2, -0.15) is 0 Å². The second-order valence-electron chi connectivity index (χ2n) is 4.07. The summed E-state index contributed by atoms with van der Waals surface area (Å²) >= 11 is 0. The molecule has 0 aliphatic carbocycles. The van der Waals surface area contributed by atoms with Crippen LogP contribution < -0.4 is 5.32 Å². The van der Waals surface area contributed by atoms with Crippen LogP contribution in [0.4, 0.5) is 10.1 Å². The summed E-state index contributed by atoms with van der Waals surface area (Å²) in [7, 11) is 1.29. The molecule has 0 saturated carbocycles. The Labute approximate surface area is 110 Å². The standard InChI is InChI=1S/C14H14FNO3/c1-9-3-4-10(15)7-12(9)16-8-11-5-6-13(19-11)14(17)18-2/h3-7,16H,8H2,1-2H3. The highest BCUT2D eigenvalue weighted by Crippen LogP contribution is 2.18. The molecule has 0 bridgehead atoms. The van der Waals surface area contributed by atoms with Crippen LogP contribution in [-0.4, -0.2) is 13.1 Å². The zero-order chi connectivity index (χ0) is 13.8. The monoisotopic (exact) mass is 263 g/mol. The fourth-order valence-corrected chi connectivity index (χ4v) is 1.65. The Morgan fingerprint density at radius 1 is 1.37 bits per heavy atom. The Morgan fingerprint density at radius 2 is 2.16 bits per heavy atom. The topological polar surface area (TPSA) is 51.5 Å². The lowest BCUT2D eigenvalue weighted by Crippen LogP contribution is -2.01. The third-order valence-electron chi connectivity index (χ3n) is 2.70. The summed E-state index contributed by atoms with van der Waals surface area (Å²) in [5, 5.41) is 3.05. The zero-order valence-corrected chi connectivity index (χ0v) is 10.7. The summed E-state index contributed by atoms with van der Waals surface area (Å²) < 4.78 is 22.9. The highest BCUT2D eigenvalue weighted by molar-refractivity contribution is 5.86. The summed E-state index contributed by atoms with van der Waals surface area (Å²) in [5.74, 6) is -0.102. The molecule has 0 saturated heterocycles. The molecule has 0 aliphatic rings. The highest BCUT2D eigenvalue weighted by Gasteiger charge is 2.11. The van der Waals surface area contributed by atoms with Crippen LogP contribution in [-0.2, 0) is 11.3 Å². The molecule has 0 spiro atoms. The minimum Gasteiger partial charge on any atom is -0.463 e. The minimum absolute atomic E-state index is 0.148. The molecule has 1 aromatic carbocycles. The van der Waals surface area contributed by atoms with Crippen LogP contribution in [0, 0.1) is 12.7 Å². The number of halogens is 1. The average molecular weight is 263 g/mol. The van der Waals surface area contributed by atoms with Crippen molar-refractivity contribution in [3.05, 3.63) is 53.2 Å². The van der Waals surface area contributed by atoms with E-state index in [-0.39, 0.29) is 11.6 Å². The van der Waals surface area contributed by atoms with E-state index >= 15 is 0 Å². The Morgan fingerprint density at radius 3 is 2.89 bits per heavy atom. The fraction of sp³-hybridized carbons (Fsp3) is 0.214. The number of aryl methyl sites for hydroxylation is 1. The Balaban J connectivity index is 2.04. The van der Waals surface area contributed by atoms with Crippen molar-refractivity contribution in [1.82, 2.24) is 0 Å². The summed E-state index contributed by atoms with van der Waals surface area (Å²) in [6, 6.07) is 7.73. The average Bonchev–Trinajstić information content (AvgIpc) is 2.88. The molecule has 0 fully saturated rings. The van der Waals surface area contributed by atoms with Crippen molar-refractivity contribution in [3.8, 4) is 0 Å². The molecule has 0 aliphatic heterocycles. The van der Waals surface area contributed by atoms with Crippen LogP contribution in [0.15, 0.2) is 34.7 Å². The number of anilines is 1. The molecule has 1 N–H and O–H groups in total. The first-order chi connectivity index (χ1) is 9.10. The lowest BCUT2D eigenvalue weighted by Gasteiger charge is -2.07. The van der Waals surface area contributed by atoms with E-state index in [9.17, 15) is 9.18 Å². The number of ether oxygens (including phenoxy) is 1. The molecule has 2 rings (SSSR count). The van der Waals surface area contributed by atoms with Gasteiger partial charge in [-0.3, -0.25) is 0 Å². The van der Waals surface area contributed by atoms with Gasteiger partial charge in [0.1, 0.15) is 11.6 Å². The molecule has 0 unspecified atom stereocenters. The zero-order valence-electron chi connectivity index (χ0n) is 10.7. The molecule has 0 atom stereocenters. The lowest BCUT2D eigenvalue weighted by molar-refractivity contribution is 0.0563. The second kappa shape index (κ2) is 5.56. The van der Waals surface area contributed by atoms with E-state index in [1.54, 1.807) is 18.2 Å². The molecule has 100 valence electrons. The van der Waals surface area contributed by atoms with Gasteiger partial charge >= 0.3 is 5.97 Å². The first-order valence-corrected chi connectivity index (χ1v) is 5.77. The number of benzene rings is 1. The number of methoxy groups -OCH3 is 1. The smallest absolute Gasteiger partial charge is 0.373 e. The van der Waals surface area contributed by atoms with E-state index in [4.69, 9.17) is 4.42 Å². The molecule has 2 aromatic rings. The van der Waals surface area contributed by atoms with Gasteiger partial charge in [0, 0.05) is 5.69 Å². The molecule has 5 heteroatoms. The van der Waals surface area contributed by atoms with E-state index in [0.717, 1.165) is 5.56 Å². The third kappa shape index (κ3) is 3.13. The largest absolute Gasteiger partial charge is 0.463 e. The van der Waals surface area contributed by atoms with Gasteiger partial charge in [-0.1, -0.05) is 6.07 Å². The third-order valence-corrected chi connectivity index (χ3v) is 2.70. The van der Waals surface area contributed by atoms with E-state index < -0.39 is 5.97 Å². The number of carbonyl (C=O) groups excluding carboxylic acids is 1. The summed E-state index contributed by atoms with van der Waals surface area (Å²) in [4.78, 5) is 11.2. The normalized spacial score (nSPS) is 10.3. The van der Waals surface area contributed by atoms with Gasteiger partial charge in [-0.25, -0.2) is 9.18 Å². The van der Waals surface area contributed by atoms with Gasteiger partial charge < -0.3 is 14.5 Å². The maximum absolute atomic E-state index is 13.1. The van der Waals surface area contributed by atoms with Gasteiger partial charge in [-0.15, -0.1) is 0 Å². The van der Waals surface area contributed by atoms with E-state index in [2.05, 4.69) is 10.1 Å². The number of rotatable bonds is 4. The predicted octanol–water partition coefficient (Wildman–Crippen LogP) is 3.13. The Kier molecular flexibility index (Phi) is 3.85. The van der Waals surface area contributed by atoms with Crippen molar-refractivity contribution < 1.29 is 18.3 Å². The van der Waals surface area contributed by atoms with Crippen LogP contribution in [0.3, 0.4) is 0 Å². The van der Waals surface area contributed by atoms with Gasteiger partial charge in [0.05, 0.1) is 13.7 Å². The van der Waals surface area contributed by atoms with Crippen molar-refractivity contribution in [2.24, 2.45) is 0 Å². The molecule has 4 nitrogen and oxygen atoms in total. The van der Waals surface area contributed by atoms with E-state index in [1.165, 1.54) is 19.2 Å². The summed E-state index contributed by atoms with van der Waals surface area (Å²) in [5.41, 5.74) is 1.62. The van der Waals surface area contributed by atoms with Crippen LogP contribution in [0.2, 0.25) is 0 Å². The molecule has 1 aromatic heterocycles. The summed E-state index contributed by atoms with van der Waals surface area (Å²) in [6.45, 7) is 2.24. The van der Waals surface area contributed by atoms with Crippen molar-refractivity contribution >= 4 is 11.7 Å². The minimum atomic E-state index is -0.520. The molecule has 0 radical (unpaired) electrons. The Hall–Kier alpha value is -2.30. The van der Waals surface area contributed by atoms with Crippen molar-refractivity contribution in [2.45, 2.75) is 13.5 Å². The number of hydrogen-bond acceptors (Lipinski definition) is 4. The Bertz CT molecular complexity index is 592. The van der Waals surface area contributed by atoms with Gasteiger partial charge in [0.25, 0.3) is 0 Å². The van der Waals surface area contributed by atoms with Crippen molar-refractivity contribution in [1.29, 1.82) is 0 Å². The van der Waals surface area contributed by atoms with E-state index in [0.29, 0.717) is 18.0 Å². The lowest BCUT2D eigenvalue weighted by atomic mass is 10.2.